The Labute approximate surface area is 122 Å². The van der Waals surface area contributed by atoms with Gasteiger partial charge in [-0.05, 0) is 11.6 Å². The van der Waals surface area contributed by atoms with Crippen molar-refractivity contribution in [3.63, 3.8) is 0 Å². The van der Waals surface area contributed by atoms with Crippen molar-refractivity contribution in [2.24, 2.45) is 7.05 Å². The molecule has 0 bridgehead atoms. The number of hydrogen-bond donors (Lipinski definition) is 2. The van der Waals surface area contributed by atoms with Gasteiger partial charge < -0.3 is 10.6 Å². The lowest BCUT2D eigenvalue weighted by molar-refractivity contribution is -0.125. The first-order valence-electron chi connectivity index (χ1n) is 6.48. The van der Waals surface area contributed by atoms with E-state index >= 15 is 0 Å². The lowest BCUT2D eigenvalue weighted by Crippen LogP contribution is -2.35. The second-order valence-electron chi connectivity index (χ2n) is 4.67. The molecule has 110 valence electrons. The van der Waals surface area contributed by atoms with Gasteiger partial charge in [-0.25, -0.2) is 0 Å². The Morgan fingerprint density at radius 1 is 1.19 bits per heavy atom. The summed E-state index contributed by atoms with van der Waals surface area (Å²) in [6.07, 6.45) is 7.10. The number of hydrogen-bond acceptors (Lipinski definition) is 4. The van der Waals surface area contributed by atoms with Gasteiger partial charge in [0.15, 0.2) is 0 Å². The summed E-state index contributed by atoms with van der Waals surface area (Å²) in [5, 5.41) is 9.28. The molecule has 2 aromatic rings. The van der Waals surface area contributed by atoms with Crippen LogP contribution < -0.4 is 10.6 Å². The van der Waals surface area contributed by atoms with Crippen LogP contribution in [0.3, 0.4) is 0 Å². The number of rotatable bonds is 5. The molecule has 0 aliphatic heterocycles. The van der Waals surface area contributed by atoms with E-state index in [0.29, 0.717) is 6.54 Å². The van der Waals surface area contributed by atoms with E-state index in [2.05, 4.69) is 20.7 Å². The average Bonchev–Trinajstić information content (AvgIpc) is 2.90. The van der Waals surface area contributed by atoms with E-state index in [0.717, 1.165) is 16.7 Å². The van der Waals surface area contributed by atoms with Crippen LogP contribution in [0.15, 0.2) is 30.9 Å². The highest BCUT2D eigenvalue weighted by molar-refractivity contribution is 5.83. The maximum absolute atomic E-state index is 11.5. The largest absolute Gasteiger partial charge is 0.350 e. The summed E-state index contributed by atoms with van der Waals surface area (Å²) < 4.78 is 1.72. The van der Waals surface area contributed by atoms with Crippen LogP contribution in [0.1, 0.15) is 12.5 Å². The molecule has 7 nitrogen and oxygen atoms in total. The Kier molecular flexibility index (Phi) is 4.65. The molecule has 2 rings (SSSR count). The Morgan fingerprint density at radius 3 is 2.67 bits per heavy atom. The Hall–Kier alpha value is -2.70. The number of carbonyl (C=O) groups is 2. The molecule has 2 heterocycles. The first kappa shape index (κ1) is 14.7. The molecule has 0 fully saturated rings. The molecule has 0 saturated carbocycles. The zero-order chi connectivity index (χ0) is 15.2. The van der Waals surface area contributed by atoms with Crippen molar-refractivity contribution in [2.75, 3.05) is 6.54 Å². The molecule has 0 saturated heterocycles. The third-order valence-corrected chi connectivity index (χ3v) is 2.82. The molecule has 0 radical (unpaired) electrons. The fourth-order valence-corrected chi connectivity index (χ4v) is 1.78. The number of amides is 2. The van der Waals surface area contributed by atoms with Crippen molar-refractivity contribution >= 4 is 11.8 Å². The van der Waals surface area contributed by atoms with Gasteiger partial charge in [0.1, 0.15) is 0 Å². The van der Waals surface area contributed by atoms with Crippen LogP contribution in [0.4, 0.5) is 0 Å². The number of aromatic nitrogens is 3. The fraction of sp³-hybridized carbons (Fsp3) is 0.286. The van der Waals surface area contributed by atoms with Crippen LogP contribution in [-0.2, 0) is 23.2 Å². The van der Waals surface area contributed by atoms with Gasteiger partial charge in [0, 0.05) is 50.2 Å². The standard InChI is InChI=1S/C14H17N5O2/c1-10(20)16-8-14(21)17-5-11-3-12(6-15-4-11)13-7-18-19(2)9-13/h3-4,6-7,9H,5,8H2,1-2H3,(H,16,20)(H,17,21). The van der Waals surface area contributed by atoms with Crippen LogP contribution >= 0.6 is 0 Å². The highest BCUT2D eigenvalue weighted by Crippen LogP contribution is 2.18. The second kappa shape index (κ2) is 6.65. The van der Waals surface area contributed by atoms with Gasteiger partial charge in [-0.15, -0.1) is 0 Å². The first-order chi connectivity index (χ1) is 10.0. The van der Waals surface area contributed by atoms with Crippen LogP contribution in [-0.4, -0.2) is 33.1 Å². The third-order valence-electron chi connectivity index (χ3n) is 2.82. The van der Waals surface area contributed by atoms with Crippen LogP contribution in [0, 0.1) is 0 Å². The van der Waals surface area contributed by atoms with E-state index in [-0.39, 0.29) is 18.4 Å². The Morgan fingerprint density at radius 2 is 2.00 bits per heavy atom. The van der Waals surface area contributed by atoms with Crippen molar-refractivity contribution in [1.82, 2.24) is 25.4 Å². The number of nitrogens with one attached hydrogen (secondary N) is 2. The zero-order valence-corrected chi connectivity index (χ0v) is 12.0. The topological polar surface area (TPSA) is 88.9 Å². The van der Waals surface area contributed by atoms with Crippen molar-refractivity contribution in [3.05, 3.63) is 36.4 Å². The van der Waals surface area contributed by atoms with E-state index in [4.69, 9.17) is 0 Å². The molecular weight excluding hydrogens is 270 g/mol. The SMILES string of the molecule is CC(=O)NCC(=O)NCc1cncc(-c2cnn(C)c2)c1. The molecule has 0 spiro atoms. The van der Waals surface area contributed by atoms with Gasteiger partial charge in [-0.3, -0.25) is 19.3 Å². The van der Waals surface area contributed by atoms with Gasteiger partial charge in [0.25, 0.3) is 0 Å². The quantitative estimate of drug-likeness (QED) is 0.824. The lowest BCUT2D eigenvalue weighted by Gasteiger charge is -2.06. The summed E-state index contributed by atoms with van der Waals surface area (Å²) in [5.41, 5.74) is 2.79. The van der Waals surface area contributed by atoms with Crippen LogP contribution in [0.25, 0.3) is 11.1 Å². The van der Waals surface area contributed by atoms with Gasteiger partial charge in [0.2, 0.25) is 11.8 Å². The molecule has 21 heavy (non-hydrogen) atoms. The third kappa shape index (κ3) is 4.41. The van der Waals surface area contributed by atoms with Crippen molar-refractivity contribution < 1.29 is 9.59 Å². The van der Waals surface area contributed by atoms with Crippen molar-refractivity contribution in [3.8, 4) is 11.1 Å². The highest BCUT2D eigenvalue weighted by atomic mass is 16.2. The average molecular weight is 287 g/mol. The van der Waals surface area contributed by atoms with Gasteiger partial charge in [-0.1, -0.05) is 0 Å². The predicted molar refractivity (Wildman–Crippen MR) is 77.0 cm³/mol. The van der Waals surface area contributed by atoms with Gasteiger partial charge in [0.05, 0.1) is 12.7 Å². The lowest BCUT2D eigenvalue weighted by atomic mass is 10.1. The molecule has 2 aromatic heterocycles. The minimum Gasteiger partial charge on any atom is -0.350 e. The summed E-state index contributed by atoms with van der Waals surface area (Å²) in [6, 6.07) is 1.95. The molecule has 0 aromatic carbocycles. The predicted octanol–water partition coefficient (Wildman–Crippen LogP) is 0.234. The van der Waals surface area contributed by atoms with E-state index in [1.807, 2.05) is 19.3 Å². The maximum Gasteiger partial charge on any atom is 0.239 e. The van der Waals surface area contributed by atoms with Crippen molar-refractivity contribution in [2.45, 2.75) is 13.5 Å². The van der Waals surface area contributed by atoms with Gasteiger partial charge >= 0.3 is 0 Å². The summed E-state index contributed by atoms with van der Waals surface area (Å²) >= 11 is 0. The monoisotopic (exact) mass is 287 g/mol. The Balaban J connectivity index is 1.95. The summed E-state index contributed by atoms with van der Waals surface area (Å²) in [7, 11) is 1.85. The minimum absolute atomic E-state index is 0.0228. The first-order valence-corrected chi connectivity index (χ1v) is 6.48. The molecule has 2 N–H and O–H groups in total. The zero-order valence-electron chi connectivity index (χ0n) is 12.0. The molecular formula is C14H17N5O2. The highest BCUT2D eigenvalue weighted by Gasteiger charge is 2.05. The molecule has 7 heteroatoms. The maximum atomic E-state index is 11.5. The Bertz CT molecular complexity index is 650. The minimum atomic E-state index is -0.239. The normalized spacial score (nSPS) is 10.2. The summed E-state index contributed by atoms with van der Waals surface area (Å²) in [6.45, 7) is 1.71. The number of aryl methyl sites for hydroxylation is 1. The molecule has 0 aliphatic rings. The van der Waals surface area contributed by atoms with E-state index in [1.54, 1.807) is 23.3 Å². The summed E-state index contributed by atoms with van der Waals surface area (Å²) in [5.74, 6) is -0.470. The van der Waals surface area contributed by atoms with E-state index < -0.39 is 0 Å². The molecule has 0 aliphatic carbocycles. The van der Waals surface area contributed by atoms with Crippen LogP contribution in [0.5, 0.6) is 0 Å². The summed E-state index contributed by atoms with van der Waals surface area (Å²) in [4.78, 5) is 26.4. The fourth-order valence-electron chi connectivity index (χ4n) is 1.78. The van der Waals surface area contributed by atoms with Gasteiger partial charge in [-0.2, -0.15) is 5.10 Å². The second-order valence-corrected chi connectivity index (χ2v) is 4.67. The number of nitrogens with zero attached hydrogens (tertiary/aromatic N) is 3. The number of pyridine rings is 1. The van der Waals surface area contributed by atoms with E-state index in [1.165, 1.54) is 6.92 Å². The van der Waals surface area contributed by atoms with E-state index in [9.17, 15) is 9.59 Å². The number of carbonyl (C=O) groups excluding carboxylic acids is 2. The molecule has 0 atom stereocenters. The molecule has 0 unspecified atom stereocenters. The van der Waals surface area contributed by atoms with Crippen LogP contribution in [0.2, 0.25) is 0 Å². The smallest absolute Gasteiger partial charge is 0.239 e. The van der Waals surface area contributed by atoms with Crippen molar-refractivity contribution in [1.29, 1.82) is 0 Å². The molecule has 2 amide bonds.